The summed E-state index contributed by atoms with van der Waals surface area (Å²) in [5.74, 6) is 0. The van der Waals surface area contributed by atoms with Crippen LogP contribution in [-0.4, -0.2) is 31.2 Å². The molecule has 1 fully saturated rings. The number of nitrogens with one attached hydrogen (secondary N) is 1. The van der Waals surface area contributed by atoms with E-state index in [4.69, 9.17) is 0 Å². The van der Waals surface area contributed by atoms with Crippen LogP contribution in [-0.2, 0) is 0 Å². The molecule has 0 aliphatic heterocycles. The predicted octanol–water partition coefficient (Wildman–Crippen LogP) is 1.58. The molecular weight excluding hydrogens is 186 g/mol. The molecule has 0 amide bonds. The molecule has 1 aliphatic carbocycles. The maximum atomic E-state index is 4.20. The maximum Gasteiger partial charge on any atom is 0.0397 e. The third-order valence-corrected chi connectivity index (χ3v) is 2.78. The first-order valence-electron chi connectivity index (χ1n) is 5.63. The second kappa shape index (κ2) is 4.62. The topological polar surface area (TPSA) is 28.2 Å². The molecule has 0 atom stereocenters. The molecule has 3 nitrogen and oxygen atoms in total. The molecular formula is C12H19N3. The quantitative estimate of drug-likeness (QED) is 0.791. The van der Waals surface area contributed by atoms with Crippen molar-refractivity contribution in [3.8, 4) is 0 Å². The summed E-state index contributed by atoms with van der Waals surface area (Å²) in [5.41, 5.74) is 2.33. The first-order valence-corrected chi connectivity index (χ1v) is 5.63. The highest BCUT2D eigenvalue weighted by Gasteiger charge is 2.19. The van der Waals surface area contributed by atoms with Gasteiger partial charge in [0.1, 0.15) is 0 Å². The van der Waals surface area contributed by atoms with Crippen molar-refractivity contribution >= 4 is 5.69 Å². The van der Waals surface area contributed by atoms with Gasteiger partial charge in [-0.05, 0) is 31.9 Å². The van der Waals surface area contributed by atoms with Gasteiger partial charge in [-0.15, -0.1) is 0 Å². The molecule has 0 saturated heterocycles. The SMILES string of the molecule is Cc1cc(N(C)CCNC2CC2)ccn1. The lowest BCUT2D eigenvalue weighted by atomic mass is 10.3. The van der Waals surface area contributed by atoms with E-state index in [9.17, 15) is 0 Å². The van der Waals surface area contributed by atoms with Crippen molar-refractivity contribution in [1.29, 1.82) is 0 Å². The number of aromatic nitrogens is 1. The van der Waals surface area contributed by atoms with Gasteiger partial charge in [-0.25, -0.2) is 0 Å². The lowest BCUT2D eigenvalue weighted by Gasteiger charge is -2.19. The fourth-order valence-corrected chi connectivity index (χ4v) is 1.62. The first-order chi connectivity index (χ1) is 7.25. The Labute approximate surface area is 91.5 Å². The van der Waals surface area contributed by atoms with Crippen LogP contribution >= 0.6 is 0 Å². The molecule has 15 heavy (non-hydrogen) atoms. The fraction of sp³-hybridized carbons (Fsp3) is 0.583. The molecule has 0 aromatic carbocycles. The van der Waals surface area contributed by atoms with E-state index in [0.29, 0.717) is 0 Å². The van der Waals surface area contributed by atoms with Crippen molar-refractivity contribution in [3.05, 3.63) is 24.0 Å². The van der Waals surface area contributed by atoms with Crippen LogP contribution in [0.3, 0.4) is 0 Å². The molecule has 0 unspecified atom stereocenters. The highest BCUT2D eigenvalue weighted by Crippen LogP contribution is 2.18. The predicted molar refractivity (Wildman–Crippen MR) is 63.3 cm³/mol. The molecule has 1 N–H and O–H groups in total. The Morgan fingerprint density at radius 2 is 2.33 bits per heavy atom. The van der Waals surface area contributed by atoms with Crippen LogP contribution in [0.2, 0.25) is 0 Å². The highest BCUT2D eigenvalue weighted by molar-refractivity contribution is 5.45. The van der Waals surface area contributed by atoms with Crippen molar-refractivity contribution in [2.24, 2.45) is 0 Å². The normalized spacial score (nSPS) is 15.3. The summed E-state index contributed by atoms with van der Waals surface area (Å²) >= 11 is 0. The monoisotopic (exact) mass is 205 g/mol. The minimum absolute atomic E-state index is 0.803. The number of likely N-dealkylation sites (N-methyl/N-ethyl adjacent to an activating group) is 1. The van der Waals surface area contributed by atoms with Crippen molar-refractivity contribution in [2.75, 3.05) is 25.0 Å². The first kappa shape index (κ1) is 10.4. The largest absolute Gasteiger partial charge is 0.373 e. The van der Waals surface area contributed by atoms with Gasteiger partial charge in [-0.3, -0.25) is 4.98 Å². The lowest BCUT2D eigenvalue weighted by Crippen LogP contribution is -2.30. The molecule has 1 heterocycles. The van der Waals surface area contributed by atoms with E-state index in [2.05, 4.69) is 34.4 Å². The number of aryl methyl sites for hydroxylation is 1. The lowest BCUT2D eigenvalue weighted by molar-refractivity contribution is 0.675. The van der Waals surface area contributed by atoms with Gasteiger partial charge in [0.15, 0.2) is 0 Å². The molecule has 3 heteroatoms. The Bertz CT molecular complexity index is 320. The van der Waals surface area contributed by atoms with E-state index in [1.807, 2.05) is 13.1 Å². The number of anilines is 1. The van der Waals surface area contributed by atoms with Gasteiger partial charge in [-0.2, -0.15) is 0 Å². The summed E-state index contributed by atoms with van der Waals surface area (Å²) in [5, 5.41) is 3.51. The Balaban J connectivity index is 1.80. The summed E-state index contributed by atoms with van der Waals surface area (Å²) in [6, 6.07) is 4.99. The molecule has 0 radical (unpaired) electrons. The Kier molecular flexibility index (Phi) is 3.21. The van der Waals surface area contributed by atoms with Crippen LogP contribution < -0.4 is 10.2 Å². The van der Waals surface area contributed by atoms with Gasteiger partial charge in [-0.1, -0.05) is 0 Å². The summed E-state index contributed by atoms with van der Waals surface area (Å²) in [6.45, 7) is 4.16. The van der Waals surface area contributed by atoms with E-state index in [1.54, 1.807) is 0 Å². The Hall–Kier alpha value is -1.09. The third kappa shape index (κ3) is 3.20. The molecule has 0 bridgehead atoms. The Morgan fingerprint density at radius 3 is 3.00 bits per heavy atom. The minimum atomic E-state index is 0.803. The summed E-state index contributed by atoms with van der Waals surface area (Å²) in [6.07, 6.45) is 4.59. The van der Waals surface area contributed by atoms with Crippen molar-refractivity contribution in [3.63, 3.8) is 0 Å². The van der Waals surface area contributed by atoms with Crippen molar-refractivity contribution in [1.82, 2.24) is 10.3 Å². The van der Waals surface area contributed by atoms with E-state index in [0.717, 1.165) is 24.8 Å². The zero-order valence-corrected chi connectivity index (χ0v) is 9.53. The van der Waals surface area contributed by atoms with Crippen LogP contribution in [0.1, 0.15) is 18.5 Å². The van der Waals surface area contributed by atoms with E-state index >= 15 is 0 Å². The van der Waals surface area contributed by atoms with Gasteiger partial charge in [0.2, 0.25) is 0 Å². The van der Waals surface area contributed by atoms with Crippen molar-refractivity contribution in [2.45, 2.75) is 25.8 Å². The molecule has 1 saturated carbocycles. The van der Waals surface area contributed by atoms with E-state index in [-0.39, 0.29) is 0 Å². The van der Waals surface area contributed by atoms with Crippen LogP contribution in [0, 0.1) is 6.92 Å². The standard InChI is InChI=1S/C12H19N3/c1-10-9-12(5-6-13-10)15(2)8-7-14-11-3-4-11/h5-6,9,11,14H,3-4,7-8H2,1-2H3. The molecule has 0 spiro atoms. The summed E-state index contributed by atoms with van der Waals surface area (Å²) in [4.78, 5) is 6.47. The molecule has 2 rings (SSSR count). The number of nitrogens with zero attached hydrogens (tertiary/aromatic N) is 2. The van der Waals surface area contributed by atoms with Crippen LogP contribution in [0.5, 0.6) is 0 Å². The maximum absolute atomic E-state index is 4.20. The molecule has 1 aliphatic rings. The number of hydrogen-bond acceptors (Lipinski definition) is 3. The summed E-state index contributed by atoms with van der Waals surface area (Å²) < 4.78 is 0. The minimum Gasteiger partial charge on any atom is -0.373 e. The zero-order valence-electron chi connectivity index (χ0n) is 9.53. The fourth-order valence-electron chi connectivity index (χ4n) is 1.62. The summed E-state index contributed by atoms with van der Waals surface area (Å²) in [7, 11) is 2.13. The van der Waals surface area contributed by atoms with Gasteiger partial charge >= 0.3 is 0 Å². The smallest absolute Gasteiger partial charge is 0.0397 e. The Morgan fingerprint density at radius 1 is 1.53 bits per heavy atom. The van der Waals surface area contributed by atoms with E-state index < -0.39 is 0 Å². The van der Waals surface area contributed by atoms with Crippen LogP contribution in [0.25, 0.3) is 0 Å². The van der Waals surface area contributed by atoms with Gasteiger partial charge in [0.05, 0.1) is 0 Å². The van der Waals surface area contributed by atoms with Crippen LogP contribution in [0.4, 0.5) is 5.69 Å². The van der Waals surface area contributed by atoms with E-state index in [1.165, 1.54) is 18.5 Å². The van der Waals surface area contributed by atoms with Crippen molar-refractivity contribution < 1.29 is 0 Å². The molecule has 82 valence electrons. The third-order valence-electron chi connectivity index (χ3n) is 2.78. The highest BCUT2D eigenvalue weighted by atomic mass is 15.1. The number of pyridine rings is 1. The molecule has 1 aromatic heterocycles. The zero-order chi connectivity index (χ0) is 10.7. The number of rotatable bonds is 5. The van der Waals surface area contributed by atoms with Gasteiger partial charge in [0.25, 0.3) is 0 Å². The van der Waals surface area contributed by atoms with Crippen LogP contribution in [0.15, 0.2) is 18.3 Å². The van der Waals surface area contributed by atoms with Gasteiger partial charge in [0, 0.05) is 43.8 Å². The average molecular weight is 205 g/mol. The molecule has 1 aromatic rings. The van der Waals surface area contributed by atoms with Gasteiger partial charge < -0.3 is 10.2 Å². The average Bonchev–Trinajstić information content (AvgIpc) is 3.01. The number of hydrogen-bond donors (Lipinski definition) is 1. The second-order valence-electron chi connectivity index (χ2n) is 4.31. The second-order valence-corrected chi connectivity index (χ2v) is 4.31.